The minimum atomic E-state index is -4.50. The third-order valence-electron chi connectivity index (χ3n) is 5.91. The summed E-state index contributed by atoms with van der Waals surface area (Å²) in [6.07, 6.45) is -1.93. The smallest absolute Gasteiger partial charge is 0.366 e. The van der Waals surface area contributed by atoms with Crippen molar-refractivity contribution >= 4 is 17.8 Å². The molecule has 0 saturated carbocycles. The molecule has 0 fully saturated rings. The van der Waals surface area contributed by atoms with Crippen LogP contribution in [0.2, 0.25) is 0 Å². The summed E-state index contributed by atoms with van der Waals surface area (Å²) < 4.78 is 38.6. The van der Waals surface area contributed by atoms with Crippen molar-refractivity contribution < 1.29 is 18.0 Å². The van der Waals surface area contributed by atoms with Crippen molar-refractivity contribution in [2.75, 3.05) is 11.4 Å². The van der Waals surface area contributed by atoms with Crippen LogP contribution in [0, 0.1) is 6.92 Å². The second kappa shape index (κ2) is 8.36. The van der Waals surface area contributed by atoms with Crippen LogP contribution in [0.5, 0.6) is 0 Å². The molecule has 0 unspecified atom stereocenters. The van der Waals surface area contributed by atoms with Crippen LogP contribution in [0.4, 0.5) is 18.9 Å². The molecule has 1 aliphatic rings. The van der Waals surface area contributed by atoms with Crippen LogP contribution in [0.25, 0.3) is 0 Å². The van der Waals surface area contributed by atoms with Gasteiger partial charge < -0.3 is 4.90 Å². The Morgan fingerprint density at radius 3 is 2.65 bits per heavy atom. The SMILES string of the molecule is CCN1c2cc(C)c(/C=N\NC(=O)c3cccc(C(F)(F)F)c3)cc2[C@@H](C)CC1(C)C. The molecule has 0 aromatic heterocycles. The van der Waals surface area contributed by atoms with Crippen molar-refractivity contribution in [3.05, 3.63) is 64.2 Å². The highest BCUT2D eigenvalue weighted by Crippen LogP contribution is 2.44. The molecule has 1 heterocycles. The van der Waals surface area contributed by atoms with Gasteiger partial charge in [0.1, 0.15) is 0 Å². The van der Waals surface area contributed by atoms with Gasteiger partial charge in [-0.1, -0.05) is 13.0 Å². The Morgan fingerprint density at radius 1 is 1.29 bits per heavy atom. The Balaban J connectivity index is 1.81. The number of hydrogen-bond acceptors (Lipinski definition) is 3. The van der Waals surface area contributed by atoms with Crippen molar-refractivity contribution in [3.8, 4) is 0 Å². The zero-order chi connectivity index (χ0) is 23.0. The minimum Gasteiger partial charge on any atom is -0.366 e. The molecule has 0 aliphatic carbocycles. The van der Waals surface area contributed by atoms with Crippen molar-refractivity contribution in [1.29, 1.82) is 0 Å². The van der Waals surface area contributed by atoms with Crippen LogP contribution < -0.4 is 10.3 Å². The molecule has 2 aromatic rings. The fourth-order valence-corrected chi connectivity index (χ4v) is 4.45. The molecular formula is C24H28F3N3O. The topological polar surface area (TPSA) is 44.7 Å². The van der Waals surface area contributed by atoms with Gasteiger partial charge in [-0.05, 0) is 87.1 Å². The first-order valence-electron chi connectivity index (χ1n) is 10.4. The van der Waals surface area contributed by atoms with E-state index in [-0.39, 0.29) is 11.1 Å². The van der Waals surface area contributed by atoms with Gasteiger partial charge in [-0.25, -0.2) is 5.43 Å². The van der Waals surface area contributed by atoms with E-state index in [9.17, 15) is 18.0 Å². The van der Waals surface area contributed by atoms with Gasteiger partial charge in [0.05, 0.1) is 11.8 Å². The Hall–Kier alpha value is -2.83. The summed E-state index contributed by atoms with van der Waals surface area (Å²) in [4.78, 5) is 14.6. The lowest BCUT2D eigenvalue weighted by Gasteiger charge is -2.47. The highest BCUT2D eigenvalue weighted by Gasteiger charge is 2.35. The Morgan fingerprint density at radius 2 is 2.00 bits per heavy atom. The fraction of sp³-hybridized carbons (Fsp3) is 0.417. The molecule has 0 bridgehead atoms. The second-order valence-electron chi connectivity index (χ2n) is 8.71. The predicted molar refractivity (Wildman–Crippen MR) is 118 cm³/mol. The van der Waals surface area contributed by atoms with Gasteiger partial charge in [0.25, 0.3) is 5.91 Å². The van der Waals surface area contributed by atoms with Gasteiger partial charge >= 0.3 is 6.18 Å². The standard InChI is InChI=1S/C24H28F3N3O/c1-6-30-21-10-15(2)18(12-20(21)16(3)13-23(30,4)5)14-28-29-22(31)17-8-7-9-19(11-17)24(25,26)27/h7-12,14,16H,6,13H2,1-5H3,(H,29,31)/b28-14-/t16-/m0/s1. The third-order valence-corrected chi connectivity index (χ3v) is 5.91. The molecular weight excluding hydrogens is 403 g/mol. The van der Waals surface area contributed by atoms with Crippen LogP contribution >= 0.6 is 0 Å². The summed E-state index contributed by atoms with van der Waals surface area (Å²) in [6.45, 7) is 11.8. The number of rotatable bonds is 4. The lowest BCUT2D eigenvalue weighted by atomic mass is 9.79. The van der Waals surface area contributed by atoms with Gasteiger partial charge in [0.15, 0.2) is 0 Å². The fourth-order valence-electron chi connectivity index (χ4n) is 4.45. The summed E-state index contributed by atoms with van der Waals surface area (Å²) in [5.41, 5.74) is 5.77. The zero-order valence-electron chi connectivity index (χ0n) is 18.5. The number of amides is 1. The second-order valence-corrected chi connectivity index (χ2v) is 8.71. The number of nitrogens with one attached hydrogen (secondary N) is 1. The first-order valence-corrected chi connectivity index (χ1v) is 10.4. The minimum absolute atomic E-state index is 0.0716. The van der Waals surface area contributed by atoms with Crippen molar-refractivity contribution in [2.45, 2.75) is 58.7 Å². The maximum atomic E-state index is 12.9. The number of carbonyl (C=O) groups is 1. The average Bonchev–Trinajstić information content (AvgIpc) is 2.68. The highest BCUT2D eigenvalue weighted by atomic mass is 19.4. The van der Waals surface area contributed by atoms with Crippen LogP contribution in [-0.4, -0.2) is 24.2 Å². The molecule has 1 atom stereocenters. The molecule has 1 aliphatic heterocycles. The molecule has 166 valence electrons. The van der Waals surface area contributed by atoms with Crippen LogP contribution in [0.1, 0.15) is 72.6 Å². The number of carbonyl (C=O) groups excluding carboxylic acids is 1. The van der Waals surface area contributed by atoms with Crippen molar-refractivity contribution in [1.82, 2.24) is 5.43 Å². The van der Waals surface area contributed by atoms with Crippen molar-refractivity contribution in [3.63, 3.8) is 0 Å². The van der Waals surface area contributed by atoms with Gasteiger partial charge in [-0.2, -0.15) is 18.3 Å². The van der Waals surface area contributed by atoms with Crippen molar-refractivity contribution in [2.24, 2.45) is 5.10 Å². The maximum Gasteiger partial charge on any atom is 0.416 e. The summed E-state index contributed by atoms with van der Waals surface area (Å²) in [7, 11) is 0. The molecule has 1 amide bonds. The number of halogens is 3. The number of anilines is 1. The first-order chi connectivity index (χ1) is 14.4. The molecule has 2 aromatic carbocycles. The third kappa shape index (κ3) is 4.75. The lowest BCUT2D eigenvalue weighted by Crippen LogP contribution is -2.48. The molecule has 31 heavy (non-hydrogen) atoms. The molecule has 3 rings (SSSR count). The van der Waals surface area contributed by atoms with Gasteiger partial charge in [-0.3, -0.25) is 4.79 Å². The highest BCUT2D eigenvalue weighted by molar-refractivity contribution is 5.95. The summed E-state index contributed by atoms with van der Waals surface area (Å²) >= 11 is 0. The van der Waals surface area contributed by atoms with E-state index in [1.807, 2.05) is 6.92 Å². The molecule has 0 spiro atoms. The quantitative estimate of drug-likeness (QED) is 0.485. The monoisotopic (exact) mass is 431 g/mol. The number of benzene rings is 2. The molecule has 0 saturated heterocycles. The van der Waals surface area contributed by atoms with Crippen LogP contribution in [0.15, 0.2) is 41.5 Å². The Bertz CT molecular complexity index is 1010. The number of hydrogen-bond donors (Lipinski definition) is 1. The maximum absolute atomic E-state index is 12.9. The summed E-state index contributed by atoms with van der Waals surface area (Å²) in [5, 5.41) is 3.99. The zero-order valence-corrected chi connectivity index (χ0v) is 18.5. The van der Waals surface area contributed by atoms with E-state index in [2.05, 4.69) is 55.3 Å². The molecule has 7 heteroatoms. The van der Waals surface area contributed by atoms with Gasteiger partial charge in [0, 0.05) is 23.3 Å². The van der Waals surface area contributed by atoms with Gasteiger partial charge in [-0.15, -0.1) is 0 Å². The van der Waals surface area contributed by atoms with E-state index in [0.717, 1.165) is 36.2 Å². The van der Waals surface area contributed by atoms with E-state index >= 15 is 0 Å². The number of nitrogens with zero attached hydrogens (tertiary/aromatic N) is 2. The van der Waals surface area contributed by atoms with Crippen LogP contribution in [-0.2, 0) is 6.18 Å². The number of alkyl halides is 3. The molecule has 0 radical (unpaired) electrons. The van der Waals surface area contributed by atoms with E-state index in [0.29, 0.717) is 5.92 Å². The molecule has 4 nitrogen and oxygen atoms in total. The lowest BCUT2D eigenvalue weighted by molar-refractivity contribution is -0.137. The van der Waals surface area contributed by atoms with Crippen LogP contribution in [0.3, 0.4) is 0 Å². The van der Waals surface area contributed by atoms with Gasteiger partial charge in [0.2, 0.25) is 0 Å². The first kappa shape index (κ1) is 22.8. The number of hydrazone groups is 1. The molecule has 1 N–H and O–H groups in total. The largest absolute Gasteiger partial charge is 0.416 e. The van der Waals surface area contributed by atoms with E-state index in [1.165, 1.54) is 23.4 Å². The Labute approximate surface area is 181 Å². The van der Waals surface area contributed by atoms with E-state index < -0.39 is 17.6 Å². The van der Waals surface area contributed by atoms with E-state index in [1.54, 1.807) is 6.21 Å². The summed E-state index contributed by atoms with van der Waals surface area (Å²) in [5.74, 6) is -0.314. The normalized spacial score (nSPS) is 18.2. The van der Waals surface area contributed by atoms with E-state index in [4.69, 9.17) is 0 Å². The average molecular weight is 432 g/mol. The number of aryl methyl sites for hydroxylation is 1. The predicted octanol–water partition coefficient (Wildman–Crippen LogP) is 5.89. The Kier molecular flexibility index (Phi) is 6.16. The summed E-state index contributed by atoms with van der Waals surface area (Å²) in [6, 6.07) is 8.51. The number of fused-ring (bicyclic) bond motifs is 1.